The molecule has 0 fully saturated rings. The molecule has 0 aromatic carbocycles. The molecular weight excluding hydrogens is 222 g/mol. The van der Waals surface area contributed by atoms with Crippen molar-refractivity contribution in [1.29, 1.82) is 0 Å². The molecule has 1 aliphatic rings. The van der Waals surface area contributed by atoms with Crippen molar-refractivity contribution in [1.82, 2.24) is 9.47 Å². The Kier molecular flexibility index (Phi) is 2.89. The van der Waals surface area contributed by atoms with Crippen molar-refractivity contribution in [2.45, 2.75) is 13.5 Å². The fourth-order valence-electron chi connectivity index (χ4n) is 2.18. The number of rotatable bonds is 3. The van der Waals surface area contributed by atoms with E-state index in [0.717, 1.165) is 0 Å². The van der Waals surface area contributed by atoms with E-state index in [-0.39, 0.29) is 11.5 Å². The summed E-state index contributed by atoms with van der Waals surface area (Å²) in [6, 6.07) is 1.45. The van der Waals surface area contributed by atoms with Crippen LogP contribution in [-0.2, 0) is 6.54 Å². The Morgan fingerprint density at radius 3 is 2.82 bits per heavy atom. The minimum absolute atomic E-state index is 0.141. The molecule has 3 N–H and O–H groups in total. The van der Waals surface area contributed by atoms with Crippen LogP contribution in [0.25, 0.3) is 0 Å². The Balaban J connectivity index is 2.40. The molecular formula is C11H15N3O3. The maximum Gasteiger partial charge on any atom is 0.337 e. The molecule has 0 atom stereocenters. The molecule has 0 radical (unpaired) electrons. The summed E-state index contributed by atoms with van der Waals surface area (Å²) >= 11 is 0. The molecule has 1 aromatic rings. The van der Waals surface area contributed by atoms with Gasteiger partial charge >= 0.3 is 5.97 Å². The summed E-state index contributed by atoms with van der Waals surface area (Å²) in [5.74, 6) is -1.14. The van der Waals surface area contributed by atoms with Crippen molar-refractivity contribution in [3.63, 3.8) is 0 Å². The third-order valence-electron chi connectivity index (χ3n) is 3.10. The van der Waals surface area contributed by atoms with Gasteiger partial charge in [0.25, 0.3) is 5.91 Å². The minimum Gasteiger partial charge on any atom is -0.478 e. The zero-order chi connectivity index (χ0) is 12.6. The van der Waals surface area contributed by atoms with Crippen LogP contribution in [0, 0.1) is 6.92 Å². The Bertz CT molecular complexity index is 479. The number of aromatic nitrogens is 1. The summed E-state index contributed by atoms with van der Waals surface area (Å²) in [5, 5.41) is 9.01. The Morgan fingerprint density at radius 2 is 2.24 bits per heavy atom. The third-order valence-corrected chi connectivity index (χ3v) is 3.10. The highest BCUT2D eigenvalue weighted by atomic mass is 16.4. The van der Waals surface area contributed by atoms with E-state index in [1.165, 1.54) is 6.07 Å². The lowest BCUT2D eigenvalue weighted by molar-refractivity contribution is 0.0691. The SMILES string of the molecule is Cc1c(C(=O)O)cc2n1CCN(CCN)C2=O. The molecule has 92 valence electrons. The average molecular weight is 237 g/mol. The summed E-state index contributed by atoms with van der Waals surface area (Å²) in [5.41, 5.74) is 6.70. The summed E-state index contributed by atoms with van der Waals surface area (Å²) in [4.78, 5) is 24.7. The molecule has 1 aliphatic heterocycles. The number of nitrogens with zero attached hydrogens (tertiary/aromatic N) is 2. The van der Waals surface area contributed by atoms with Crippen LogP contribution in [0.15, 0.2) is 6.07 Å². The van der Waals surface area contributed by atoms with Crippen molar-refractivity contribution in [2.24, 2.45) is 5.73 Å². The Hall–Kier alpha value is -1.82. The number of carbonyl (C=O) groups is 2. The number of amides is 1. The van der Waals surface area contributed by atoms with Crippen LogP contribution in [0.4, 0.5) is 0 Å². The van der Waals surface area contributed by atoms with Crippen molar-refractivity contribution in [3.05, 3.63) is 23.0 Å². The Labute approximate surface area is 98.6 Å². The van der Waals surface area contributed by atoms with Gasteiger partial charge in [-0.25, -0.2) is 4.79 Å². The molecule has 1 amide bonds. The molecule has 2 heterocycles. The number of hydrogen-bond donors (Lipinski definition) is 2. The van der Waals surface area contributed by atoms with Gasteiger partial charge in [-0.05, 0) is 13.0 Å². The highest BCUT2D eigenvalue weighted by molar-refractivity contribution is 5.98. The second-order valence-corrected chi connectivity index (χ2v) is 4.07. The molecule has 0 spiro atoms. The lowest BCUT2D eigenvalue weighted by Crippen LogP contribution is -2.42. The summed E-state index contributed by atoms with van der Waals surface area (Å²) < 4.78 is 1.76. The first kappa shape index (κ1) is 11.7. The average Bonchev–Trinajstić information content (AvgIpc) is 2.61. The van der Waals surface area contributed by atoms with E-state index in [0.29, 0.717) is 37.6 Å². The number of carboxylic acid groups (broad SMARTS) is 1. The number of aromatic carboxylic acids is 1. The van der Waals surface area contributed by atoms with E-state index in [1.54, 1.807) is 16.4 Å². The first-order chi connectivity index (χ1) is 8.06. The van der Waals surface area contributed by atoms with Crippen LogP contribution in [0.2, 0.25) is 0 Å². The molecule has 6 heteroatoms. The van der Waals surface area contributed by atoms with Gasteiger partial charge in [-0.1, -0.05) is 0 Å². The number of fused-ring (bicyclic) bond motifs is 1. The van der Waals surface area contributed by atoms with E-state index < -0.39 is 5.97 Å². The van der Waals surface area contributed by atoms with Crippen LogP contribution in [0.1, 0.15) is 26.5 Å². The van der Waals surface area contributed by atoms with Crippen molar-refractivity contribution in [2.75, 3.05) is 19.6 Å². The summed E-state index contributed by atoms with van der Waals surface area (Å²) in [6.45, 7) is 3.85. The molecule has 1 aromatic heterocycles. The molecule has 0 aliphatic carbocycles. The normalized spacial score (nSPS) is 14.9. The molecule has 17 heavy (non-hydrogen) atoms. The van der Waals surface area contributed by atoms with Gasteiger partial charge in [0.15, 0.2) is 0 Å². The first-order valence-corrected chi connectivity index (χ1v) is 5.49. The van der Waals surface area contributed by atoms with E-state index in [4.69, 9.17) is 10.8 Å². The van der Waals surface area contributed by atoms with Crippen molar-refractivity contribution >= 4 is 11.9 Å². The zero-order valence-corrected chi connectivity index (χ0v) is 9.64. The van der Waals surface area contributed by atoms with E-state index in [2.05, 4.69) is 0 Å². The van der Waals surface area contributed by atoms with Gasteiger partial charge in [0, 0.05) is 31.9 Å². The van der Waals surface area contributed by atoms with Gasteiger partial charge in [-0.2, -0.15) is 0 Å². The van der Waals surface area contributed by atoms with E-state index in [1.807, 2.05) is 0 Å². The number of carboxylic acids is 1. The third kappa shape index (κ3) is 1.80. The lowest BCUT2D eigenvalue weighted by atomic mass is 10.2. The zero-order valence-electron chi connectivity index (χ0n) is 9.64. The van der Waals surface area contributed by atoms with Crippen LogP contribution < -0.4 is 5.73 Å². The van der Waals surface area contributed by atoms with Crippen LogP contribution >= 0.6 is 0 Å². The topological polar surface area (TPSA) is 88.6 Å². The fourth-order valence-corrected chi connectivity index (χ4v) is 2.18. The molecule has 0 bridgehead atoms. The van der Waals surface area contributed by atoms with E-state index >= 15 is 0 Å². The quantitative estimate of drug-likeness (QED) is 0.769. The van der Waals surface area contributed by atoms with Crippen molar-refractivity contribution < 1.29 is 14.7 Å². The van der Waals surface area contributed by atoms with Gasteiger partial charge in [-0.3, -0.25) is 4.79 Å². The Morgan fingerprint density at radius 1 is 1.53 bits per heavy atom. The summed E-state index contributed by atoms with van der Waals surface area (Å²) in [7, 11) is 0. The molecule has 0 saturated heterocycles. The van der Waals surface area contributed by atoms with Gasteiger partial charge in [0.1, 0.15) is 5.69 Å². The second-order valence-electron chi connectivity index (χ2n) is 4.07. The van der Waals surface area contributed by atoms with Crippen LogP contribution in [0.3, 0.4) is 0 Å². The predicted octanol–water partition coefficient (Wildman–Crippen LogP) is -0.0908. The predicted molar refractivity (Wildman–Crippen MR) is 61.1 cm³/mol. The monoisotopic (exact) mass is 237 g/mol. The van der Waals surface area contributed by atoms with Crippen molar-refractivity contribution in [3.8, 4) is 0 Å². The fraction of sp³-hybridized carbons (Fsp3) is 0.455. The molecule has 6 nitrogen and oxygen atoms in total. The summed E-state index contributed by atoms with van der Waals surface area (Å²) in [6.07, 6.45) is 0. The van der Waals surface area contributed by atoms with E-state index in [9.17, 15) is 9.59 Å². The maximum atomic E-state index is 12.1. The number of nitrogens with two attached hydrogens (primary N) is 1. The first-order valence-electron chi connectivity index (χ1n) is 5.49. The van der Waals surface area contributed by atoms with Gasteiger partial charge in [0.2, 0.25) is 0 Å². The molecule has 0 saturated carbocycles. The van der Waals surface area contributed by atoms with Crippen LogP contribution in [0.5, 0.6) is 0 Å². The highest BCUT2D eigenvalue weighted by Crippen LogP contribution is 2.20. The lowest BCUT2D eigenvalue weighted by Gasteiger charge is -2.28. The van der Waals surface area contributed by atoms with Crippen LogP contribution in [-0.4, -0.2) is 46.1 Å². The number of hydrogen-bond acceptors (Lipinski definition) is 3. The van der Waals surface area contributed by atoms with Gasteiger partial charge in [0.05, 0.1) is 5.56 Å². The van der Waals surface area contributed by atoms with Gasteiger partial charge < -0.3 is 20.3 Å². The highest BCUT2D eigenvalue weighted by Gasteiger charge is 2.28. The smallest absolute Gasteiger partial charge is 0.337 e. The standard InChI is InChI=1S/C11H15N3O3/c1-7-8(11(16)17)6-9-10(15)13(3-2-12)4-5-14(7)9/h6H,2-5,12H2,1H3,(H,16,17). The molecule has 2 rings (SSSR count). The largest absolute Gasteiger partial charge is 0.478 e. The number of carbonyl (C=O) groups excluding carboxylic acids is 1. The minimum atomic E-state index is -0.998. The second kappa shape index (κ2) is 4.21. The van der Waals surface area contributed by atoms with Gasteiger partial charge in [-0.15, -0.1) is 0 Å². The molecule has 0 unspecified atom stereocenters. The maximum absolute atomic E-state index is 12.1.